The molecule has 0 aromatic heterocycles. The average molecular weight is 387 g/mol. The first kappa shape index (κ1) is 17.4. The lowest BCUT2D eigenvalue weighted by atomic mass is 10.1. The van der Waals surface area contributed by atoms with Crippen molar-refractivity contribution in [2.24, 2.45) is 0 Å². The van der Waals surface area contributed by atoms with E-state index in [2.05, 4.69) is 23.5 Å². The van der Waals surface area contributed by atoms with E-state index in [1.54, 1.807) is 11.8 Å². The predicted octanol–water partition coefficient (Wildman–Crippen LogP) is 4.13. The average Bonchev–Trinajstić information content (AvgIpc) is 3.28. The molecule has 1 fully saturated rings. The second-order valence-electron chi connectivity index (χ2n) is 6.54. The molecular weight excluding hydrogens is 368 g/mol. The highest BCUT2D eigenvalue weighted by Crippen LogP contribution is 2.42. The van der Waals surface area contributed by atoms with E-state index in [9.17, 15) is 9.59 Å². The molecule has 1 atom stereocenters. The summed E-state index contributed by atoms with van der Waals surface area (Å²) in [5, 5.41) is 2.69. The van der Waals surface area contributed by atoms with E-state index in [-0.39, 0.29) is 23.1 Å². The van der Waals surface area contributed by atoms with Crippen LogP contribution in [-0.2, 0) is 22.4 Å². The Kier molecular flexibility index (Phi) is 4.92. The molecule has 1 N–H and O–H groups in total. The summed E-state index contributed by atoms with van der Waals surface area (Å²) in [6, 6.07) is 14.0. The Morgan fingerprint density at radius 3 is 2.69 bits per heavy atom. The zero-order chi connectivity index (χ0) is 18.1. The molecule has 0 bridgehead atoms. The summed E-state index contributed by atoms with van der Waals surface area (Å²) in [6.07, 6.45) is 3.43. The molecule has 1 heterocycles. The first-order valence-electron chi connectivity index (χ1n) is 8.67. The number of aryl methyl sites for hydroxylation is 2. The number of carbonyl (C=O) groups excluding carboxylic acids is 2. The fourth-order valence-corrected chi connectivity index (χ4v) is 4.83. The van der Waals surface area contributed by atoms with Gasteiger partial charge in [-0.1, -0.05) is 18.2 Å². The maximum Gasteiger partial charge on any atom is 0.239 e. The third kappa shape index (κ3) is 3.33. The topological polar surface area (TPSA) is 49.4 Å². The SMILES string of the molecule is O=C(CCl)Nc1ccc([C@H]2SCC(=O)N2c2ccc3c(c2)CCC3)cc1. The molecule has 6 heteroatoms. The molecule has 2 aliphatic rings. The Morgan fingerprint density at radius 1 is 1.15 bits per heavy atom. The summed E-state index contributed by atoms with van der Waals surface area (Å²) >= 11 is 7.15. The van der Waals surface area contributed by atoms with Crippen molar-refractivity contribution in [1.82, 2.24) is 0 Å². The Morgan fingerprint density at radius 2 is 1.92 bits per heavy atom. The number of fused-ring (bicyclic) bond motifs is 1. The Balaban J connectivity index is 1.59. The maximum atomic E-state index is 12.5. The number of thioether (sulfide) groups is 1. The van der Waals surface area contributed by atoms with Gasteiger partial charge in [-0.3, -0.25) is 14.5 Å². The van der Waals surface area contributed by atoms with Crippen LogP contribution >= 0.6 is 23.4 Å². The van der Waals surface area contributed by atoms with Gasteiger partial charge in [-0.05, 0) is 60.2 Å². The number of hydrogen-bond acceptors (Lipinski definition) is 3. The molecule has 0 spiro atoms. The fourth-order valence-electron chi connectivity index (χ4n) is 3.58. The molecule has 4 rings (SSSR count). The lowest BCUT2D eigenvalue weighted by Crippen LogP contribution is -2.27. The van der Waals surface area contributed by atoms with Gasteiger partial charge >= 0.3 is 0 Å². The second-order valence-corrected chi connectivity index (χ2v) is 7.87. The summed E-state index contributed by atoms with van der Waals surface area (Å²) in [7, 11) is 0. The number of rotatable bonds is 4. The summed E-state index contributed by atoms with van der Waals surface area (Å²) in [5.41, 5.74) is 5.50. The van der Waals surface area contributed by atoms with E-state index in [0.717, 1.165) is 24.1 Å². The number of benzene rings is 2. The Labute approximate surface area is 161 Å². The standard InChI is InChI=1S/C20H19ClN2O2S/c21-11-18(24)22-16-7-4-14(5-8-16)20-23(19(25)12-26-20)17-9-6-13-2-1-3-15(13)10-17/h4-10,20H,1-3,11-12H2,(H,22,24)/t20-/m1/s1. The molecule has 0 radical (unpaired) electrons. The minimum Gasteiger partial charge on any atom is -0.325 e. The summed E-state index contributed by atoms with van der Waals surface area (Å²) in [5.74, 6) is 0.315. The van der Waals surface area contributed by atoms with E-state index in [4.69, 9.17) is 11.6 Å². The largest absolute Gasteiger partial charge is 0.325 e. The first-order valence-corrected chi connectivity index (χ1v) is 10.3. The van der Waals surface area contributed by atoms with Crippen LogP contribution in [0.25, 0.3) is 0 Å². The van der Waals surface area contributed by atoms with Crippen molar-refractivity contribution >= 4 is 46.6 Å². The van der Waals surface area contributed by atoms with Crippen molar-refractivity contribution in [2.45, 2.75) is 24.6 Å². The van der Waals surface area contributed by atoms with Crippen molar-refractivity contribution in [3.8, 4) is 0 Å². The number of carbonyl (C=O) groups is 2. The Hall–Kier alpha value is -1.98. The summed E-state index contributed by atoms with van der Waals surface area (Å²) in [6.45, 7) is 0. The summed E-state index contributed by atoms with van der Waals surface area (Å²) < 4.78 is 0. The van der Waals surface area contributed by atoms with Crippen LogP contribution < -0.4 is 10.2 Å². The highest BCUT2D eigenvalue weighted by atomic mass is 35.5. The lowest BCUT2D eigenvalue weighted by Gasteiger charge is -2.25. The zero-order valence-corrected chi connectivity index (χ0v) is 15.8. The zero-order valence-electron chi connectivity index (χ0n) is 14.2. The smallest absolute Gasteiger partial charge is 0.239 e. The fraction of sp³-hybridized carbons (Fsp3) is 0.300. The third-order valence-corrected chi connectivity index (χ3v) is 6.28. The van der Waals surface area contributed by atoms with Gasteiger partial charge in [0.15, 0.2) is 0 Å². The highest BCUT2D eigenvalue weighted by Gasteiger charge is 2.34. The number of nitrogens with one attached hydrogen (secondary N) is 1. The molecule has 0 unspecified atom stereocenters. The van der Waals surface area contributed by atoms with Crippen molar-refractivity contribution in [1.29, 1.82) is 0 Å². The van der Waals surface area contributed by atoms with Crippen LogP contribution in [-0.4, -0.2) is 23.4 Å². The molecule has 4 nitrogen and oxygen atoms in total. The van der Waals surface area contributed by atoms with Crippen molar-refractivity contribution < 1.29 is 9.59 Å². The molecular formula is C20H19ClN2O2S. The third-order valence-electron chi connectivity index (χ3n) is 4.83. The molecule has 26 heavy (non-hydrogen) atoms. The summed E-state index contributed by atoms with van der Waals surface area (Å²) in [4.78, 5) is 25.8. The van der Waals surface area contributed by atoms with Gasteiger partial charge in [0.2, 0.25) is 11.8 Å². The quantitative estimate of drug-likeness (QED) is 0.804. The van der Waals surface area contributed by atoms with E-state index in [1.807, 2.05) is 29.2 Å². The molecule has 134 valence electrons. The monoisotopic (exact) mass is 386 g/mol. The van der Waals surface area contributed by atoms with Gasteiger partial charge in [-0.2, -0.15) is 0 Å². The molecule has 1 aliphatic heterocycles. The van der Waals surface area contributed by atoms with Crippen molar-refractivity contribution in [2.75, 3.05) is 21.8 Å². The number of hydrogen-bond donors (Lipinski definition) is 1. The van der Waals surface area contributed by atoms with Crippen LogP contribution in [0.1, 0.15) is 28.5 Å². The van der Waals surface area contributed by atoms with Crippen LogP contribution in [0.5, 0.6) is 0 Å². The van der Waals surface area contributed by atoms with E-state index in [0.29, 0.717) is 11.4 Å². The molecule has 2 aromatic rings. The van der Waals surface area contributed by atoms with Gasteiger partial charge in [0.05, 0.1) is 5.75 Å². The molecule has 2 amide bonds. The molecule has 1 aliphatic carbocycles. The number of amides is 2. The van der Waals surface area contributed by atoms with Crippen molar-refractivity contribution in [3.05, 3.63) is 59.2 Å². The molecule has 2 aromatic carbocycles. The van der Waals surface area contributed by atoms with Crippen LogP contribution in [0.4, 0.5) is 11.4 Å². The molecule has 1 saturated heterocycles. The van der Waals surface area contributed by atoms with Gasteiger partial charge in [-0.25, -0.2) is 0 Å². The van der Waals surface area contributed by atoms with E-state index >= 15 is 0 Å². The number of alkyl halides is 1. The van der Waals surface area contributed by atoms with E-state index < -0.39 is 0 Å². The number of anilines is 2. The van der Waals surface area contributed by atoms with Gasteiger partial charge in [-0.15, -0.1) is 23.4 Å². The van der Waals surface area contributed by atoms with Crippen LogP contribution in [0.2, 0.25) is 0 Å². The van der Waals surface area contributed by atoms with Gasteiger partial charge in [0.1, 0.15) is 11.3 Å². The lowest BCUT2D eigenvalue weighted by molar-refractivity contribution is -0.116. The maximum absolute atomic E-state index is 12.5. The second kappa shape index (κ2) is 7.33. The predicted molar refractivity (Wildman–Crippen MR) is 107 cm³/mol. The Bertz CT molecular complexity index is 853. The molecule has 0 saturated carbocycles. The van der Waals surface area contributed by atoms with Crippen LogP contribution in [0.15, 0.2) is 42.5 Å². The highest BCUT2D eigenvalue weighted by molar-refractivity contribution is 8.00. The number of nitrogens with zero attached hydrogens (tertiary/aromatic N) is 1. The van der Waals surface area contributed by atoms with Crippen LogP contribution in [0.3, 0.4) is 0 Å². The van der Waals surface area contributed by atoms with Crippen molar-refractivity contribution in [3.63, 3.8) is 0 Å². The van der Waals surface area contributed by atoms with Gasteiger partial charge in [0, 0.05) is 11.4 Å². The van der Waals surface area contributed by atoms with E-state index in [1.165, 1.54) is 17.5 Å². The first-order chi connectivity index (χ1) is 12.7. The normalized spacial score (nSPS) is 18.9. The number of halogens is 1. The van der Waals surface area contributed by atoms with Gasteiger partial charge in [0.25, 0.3) is 0 Å². The minimum absolute atomic E-state index is 0.0419. The van der Waals surface area contributed by atoms with Gasteiger partial charge < -0.3 is 5.32 Å². The van der Waals surface area contributed by atoms with Crippen LogP contribution in [0, 0.1) is 0 Å². The minimum atomic E-state index is -0.232.